The van der Waals surface area contributed by atoms with Crippen molar-refractivity contribution in [3.63, 3.8) is 0 Å². The first-order valence-electron chi connectivity index (χ1n) is 5.88. The number of rotatable bonds is 9. The van der Waals surface area contributed by atoms with Crippen LogP contribution in [0.15, 0.2) is 0 Å². The summed E-state index contributed by atoms with van der Waals surface area (Å²) < 4.78 is 0. The first kappa shape index (κ1) is 14.4. The van der Waals surface area contributed by atoms with E-state index in [0.717, 1.165) is 32.1 Å². The van der Waals surface area contributed by atoms with Crippen molar-refractivity contribution in [2.75, 3.05) is 6.61 Å². The molecule has 90 valence electrons. The molecule has 4 nitrogen and oxygen atoms in total. The zero-order chi connectivity index (χ0) is 11.7. The molecule has 0 spiro atoms. The van der Waals surface area contributed by atoms with Gasteiger partial charge in [0.15, 0.2) is 0 Å². The summed E-state index contributed by atoms with van der Waals surface area (Å²) in [6.07, 6.45) is 5.83. The largest absolute Gasteiger partial charge is 0.389 e. The van der Waals surface area contributed by atoms with Crippen LogP contribution in [0.2, 0.25) is 0 Å². The molecule has 0 heterocycles. The highest BCUT2D eigenvalue weighted by Crippen LogP contribution is 2.24. The maximum atomic E-state index is 11.0. The van der Waals surface area contributed by atoms with Gasteiger partial charge >= 0.3 is 0 Å². The van der Waals surface area contributed by atoms with Crippen molar-refractivity contribution < 1.29 is 10.0 Å². The van der Waals surface area contributed by atoms with Gasteiger partial charge in [0.2, 0.25) is 5.54 Å². The third-order valence-corrected chi connectivity index (χ3v) is 2.89. The fourth-order valence-electron chi connectivity index (χ4n) is 1.87. The molecule has 0 fully saturated rings. The summed E-state index contributed by atoms with van der Waals surface area (Å²) in [4.78, 5) is 10.7. The monoisotopic (exact) mass is 217 g/mol. The molecule has 0 aromatic rings. The third kappa shape index (κ3) is 4.60. The van der Waals surface area contributed by atoms with Crippen LogP contribution in [0, 0.1) is 10.1 Å². The van der Waals surface area contributed by atoms with Gasteiger partial charge in [-0.25, -0.2) is 0 Å². The topological polar surface area (TPSA) is 63.4 Å². The molecular weight excluding hydrogens is 194 g/mol. The molecule has 0 aliphatic carbocycles. The lowest BCUT2D eigenvalue weighted by molar-refractivity contribution is -0.576. The van der Waals surface area contributed by atoms with Gasteiger partial charge in [-0.2, -0.15) is 0 Å². The van der Waals surface area contributed by atoms with E-state index in [4.69, 9.17) is 0 Å². The van der Waals surface area contributed by atoms with E-state index in [1.54, 1.807) is 0 Å². The van der Waals surface area contributed by atoms with Crippen LogP contribution < -0.4 is 0 Å². The predicted octanol–water partition coefficient (Wildman–Crippen LogP) is 2.76. The average molecular weight is 217 g/mol. The fourth-order valence-corrected chi connectivity index (χ4v) is 1.87. The molecule has 15 heavy (non-hydrogen) atoms. The number of hydrogen-bond acceptors (Lipinski definition) is 3. The molecule has 0 aliphatic rings. The van der Waals surface area contributed by atoms with Crippen molar-refractivity contribution in [1.82, 2.24) is 0 Å². The second-order valence-electron chi connectivity index (χ2n) is 4.20. The van der Waals surface area contributed by atoms with Crippen molar-refractivity contribution in [2.24, 2.45) is 0 Å². The Hall–Kier alpha value is -0.640. The third-order valence-electron chi connectivity index (χ3n) is 2.89. The Morgan fingerprint density at radius 1 is 1.13 bits per heavy atom. The summed E-state index contributed by atoms with van der Waals surface area (Å²) in [5.41, 5.74) is -1.08. The van der Waals surface area contributed by atoms with Gasteiger partial charge in [-0.1, -0.05) is 33.1 Å². The van der Waals surface area contributed by atoms with Crippen LogP contribution in [0.1, 0.15) is 58.8 Å². The minimum absolute atomic E-state index is 0.289. The van der Waals surface area contributed by atoms with E-state index in [0.29, 0.717) is 12.8 Å². The van der Waals surface area contributed by atoms with Gasteiger partial charge in [-0.3, -0.25) is 10.1 Å². The van der Waals surface area contributed by atoms with E-state index in [-0.39, 0.29) is 11.5 Å². The van der Waals surface area contributed by atoms with Crippen molar-refractivity contribution in [1.29, 1.82) is 0 Å². The molecule has 1 N–H and O–H groups in total. The van der Waals surface area contributed by atoms with Crippen LogP contribution in [0.4, 0.5) is 0 Å². The standard InChI is InChI=1S/C11H23NO3/c1-3-5-6-7-9-11(10-13,8-4-2)12(14)15/h13H,3-10H2,1-2H3. The SMILES string of the molecule is CCCCCCC(CO)(CCC)[N+](=O)[O-]. The fraction of sp³-hybridized carbons (Fsp3) is 1.00. The Kier molecular flexibility index (Phi) is 7.30. The summed E-state index contributed by atoms with van der Waals surface area (Å²) in [6.45, 7) is 3.69. The molecule has 1 atom stereocenters. The lowest BCUT2D eigenvalue weighted by Gasteiger charge is -2.22. The second kappa shape index (κ2) is 7.63. The van der Waals surface area contributed by atoms with Gasteiger partial charge < -0.3 is 5.11 Å². The number of unbranched alkanes of at least 4 members (excludes halogenated alkanes) is 3. The highest BCUT2D eigenvalue weighted by Gasteiger charge is 2.40. The van der Waals surface area contributed by atoms with Crippen molar-refractivity contribution in [3.8, 4) is 0 Å². The lowest BCUT2D eigenvalue weighted by atomic mass is 9.89. The highest BCUT2D eigenvalue weighted by molar-refractivity contribution is 4.78. The summed E-state index contributed by atoms with van der Waals surface area (Å²) in [7, 11) is 0. The summed E-state index contributed by atoms with van der Waals surface area (Å²) >= 11 is 0. The molecule has 0 radical (unpaired) electrons. The minimum atomic E-state index is -1.08. The van der Waals surface area contributed by atoms with Gasteiger partial charge in [0.1, 0.15) is 6.61 Å². The molecule has 4 heteroatoms. The Balaban J connectivity index is 4.16. The quantitative estimate of drug-likeness (QED) is 0.367. The lowest BCUT2D eigenvalue weighted by Crippen LogP contribution is -2.42. The van der Waals surface area contributed by atoms with E-state index in [1.807, 2.05) is 6.92 Å². The molecule has 0 aromatic carbocycles. The van der Waals surface area contributed by atoms with Crippen LogP contribution in [-0.4, -0.2) is 22.2 Å². The summed E-state index contributed by atoms with van der Waals surface area (Å²) in [5.74, 6) is 0. The zero-order valence-electron chi connectivity index (χ0n) is 9.87. The van der Waals surface area contributed by atoms with E-state index >= 15 is 0 Å². The van der Waals surface area contributed by atoms with Gasteiger partial charge in [0.25, 0.3) is 0 Å². The molecule has 0 saturated heterocycles. The summed E-state index contributed by atoms with van der Waals surface area (Å²) in [6, 6.07) is 0. The first-order chi connectivity index (χ1) is 7.13. The van der Waals surface area contributed by atoms with Crippen LogP contribution in [-0.2, 0) is 0 Å². The highest BCUT2D eigenvalue weighted by atomic mass is 16.6. The maximum Gasteiger partial charge on any atom is 0.244 e. The van der Waals surface area contributed by atoms with E-state index < -0.39 is 5.54 Å². The molecule has 0 amide bonds. The number of aliphatic hydroxyl groups excluding tert-OH is 1. The maximum absolute atomic E-state index is 11.0. The average Bonchev–Trinajstić information content (AvgIpc) is 2.22. The van der Waals surface area contributed by atoms with Crippen LogP contribution in [0.3, 0.4) is 0 Å². The van der Waals surface area contributed by atoms with Gasteiger partial charge in [-0.05, 0) is 12.8 Å². The number of aliphatic hydroxyl groups is 1. The molecule has 0 saturated carbocycles. The molecule has 0 aliphatic heterocycles. The van der Waals surface area contributed by atoms with Crippen molar-refractivity contribution in [3.05, 3.63) is 10.1 Å². The molecule has 0 bridgehead atoms. The molecule has 1 unspecified atom stereocenters. The van der Waals surface area contributed by atoms with Gasteiger partial charge in [0.05, 0.1) is 0 Å². The van der Waals surface area contributed by atoms with Crippen molar-refractivity contribution >= 4 is 0 Å². The van der Waals surface area contributed by atoms with Gasteiger partial charge in [0, 0.05) is 17.8 Å². The molecular formula is C11H23NO3. The predicted molar refractivity (Wildman–Crippen MR) is 60.5 cm³/mol. The second-order valence-corrected chi connectivity index (χ2v) is 4.20. The Labute approximate surface area is 91.8 Å². The number of nitrogens with zero attached hydrogens (tertiary/aromatic N) is 1. The van der Waals surface area contributed by atoms with E-state index in [1.165, 1.54) is 0 Å². The first-order valence-corrected chi connectivity index (χ1v) is 5.88. The van der Waals surface area contributed by atoms with E-state index in [9.17, 15) is 15.2 Å². The smallest absolute Gasteiger partial charge is 0.244 e. The van der Waals surface area contributed by atoms with Crippen LogP contribution >= 0.6 is 0 Å². The van der Waals surface area contributed by atoms with Crippen LogP contribution in [0.5, 0.6) is 0 Å². The van der Waals surface area contributed by atoms with Gasteiger partial charge in [-0.15, -0.1) is 0 Å². The minimum Gasteiger partial charge on any atom is -0.389 e. The molecule has 0 aromatic heterocycles. The number of hydrogen-bond donors (Lipinski definition) is 1. The Morgan fingerprint density at radius 2 is 1.80 bits per heavy atom. The summed E-state index contributed by atoms with van der Waals surface area (Å²) in [5, 5.41) is 20.1. The zero-order valence-corrected chi connectivity index (χ0v) is 9.87. The van der Waals surface area contributed by atoms with Crippen LogP contribution in [0.25, 0.3) is 0 Å². The Morgan fingerprint density at radius 3 is 2.20 bits per heavy atom. The van der Waals surface area contributed by atoms with E-state index in [2.05, 4.69) is 6.92 Å². The van der Waals surface area contributed by atoms with Crippen molar-refractivity contribution in [2.45, 2.75) is 64.3 Å². The number of nitro groups is 1. The Bertz CT molecular complexity index is 185. The molecule has 0 rings (SSSR count). The normalized spacial score (nSPS) is 14.9.